The van der Waals surface area contributed by atoms with Crippen LogP contribution in [0.1, 0.15) is 68.1 Å². The second-order valence-electron chi connectivity index (χ2n) is 8.89. The van der Waals surface area contributed by atoms with Crippen molar-refractivity contribution in [3.05, 3.63) is 82.0 Å². The molecule has 170 valence electrons. The Morgan fingerprint density at radius 1 is 1.00 bits per heavy atom. The molecular formula is C27H34N2O3. The minimum Gasteiger partial charge on any atom is -0.478 e. The molecule has 0 spiro atoms. The smallest absolute Gasteiger partial charge is 0.336 e. The quantitative estimate of drug-likeness (QED) is 0.386. The molecule has 3 rings (SSSR count). The first-order valence-corrected chi connectivity index (χ1v) is 11.6. The third-order valence-corrected chi connectivity index (χ3v) is 5.74. The summed E-state index contributed by atoms with van der Waals surface area (Å²) in [6, 6.07) is 14.9. The Morgan fingerprint density at radius 2 is 1.72 bits per heavy atom. The molecule has 32 heavy (non-hydrogen) atoms. The number of carboxylic acids is 1. The standard InChI is InChI=1S/C27H34N2O3/c1-4-5-6-7-10-23-19-28(17-20(2)3)27(32)29(23)18-21-13-15-22(16-14-21)24-11-8-9-12-25(24)26(30)31/h8-9,11-16,19-20H,4-7,10,17-18H2,1-3H3,(H,30,31). The van der Waals surface area contributed by atoms with Crippen LogP contribution < -0.4 is 5.69 Å². The van der Waals surface area contributed by atoms with E-state index in [-0.39, 0.29) is 11.3 Å². The Balaban J connectivity index is 1.85. The van der Waals surface area contributed by atoms with Gasteiger partial charge >= 0.3 is 11.7 Å². The average Bonchev–Trinajstić information content (AvgIpc) is 3.05. The molecule has 0 aliphatic heterocycles. The van der Waals surface area contributed by atoms with Crippen molar-refractivity contribution in [3.63, 3.8) is 0 Å². The fourth-order valence-electron chi connectivity index (χ4n) is 4.10. The van der Waals surface area contributed by atoms with E-state index in [9.17, 15) is 14.7 Å². The highest BCUT2D eigenvalue weighted by Gasteiger charge is 2.14. The first-order valence-electron chi connectivity index (χ1n) is 11.6. The van der Waals surface area contributed by atoms with Crippen LogP contribution >= 0.6 is 0 Å². The van der Waals surface area contributed by atoms with E-state index in [4.69, 9.17) is 0 Å². The zero-order chi connectivity index (χ0) is 23.1. The number of unbranched alkanes of at least 4 members (excludes halogenated alkanes) is 3. The lowest BCUT2D eigenvalue weighted by molar-refractivity contribution is 0.0697. The van der Waals surface area contributed by atoms with Crippen molar-refractivity contribution in [2.45, 2.75) is 66.0 Å². The van der Waals surface area contributed by atoms with Crippen LogP contribution in [0.15, 0.2) is 59.5 Å². The Bertz CT molecular complexity index is 1090. The van der Waals surface area contributed by atoms with Gasteiger partial charge in [0.05, 0.1) is 12.1 Å². The zero-order valence-corrected chi connectivity index (χ0v) is 19.4. The summed E-state index contributed by atoms with van der Waals surface area (Å²) in [7, 11) is 0. The van der Waals surface area contributed by atoms with Gasteiger partial charge in [0.2, 0.25) is 0 Å². The number of rotatable bonds is 11. The van der Waals surface area contributed by atoms with E-state index in [2.05, 4.69) is 20.8 Å². The number of imidazole rings is 1. The summed E-state index contributed by atoms with van der Waals surface area (Å²) in [5.74, 6) is -0.527. The fourth-order valence-corrected chi connectivity index (χ4v) is 4.10. The summed E-state index contributed by atoms with van der Waals surface area (Å²) in [5, 5.41) is 9.47. The summed E-state index contributed by atoms with van der Waals surface area (Å²) in [4.78, 5) is 24.6. The molecule has 0 atom stereocenters. The molecule has 0 bridgehead atoms. The number of aromatic nitrogens is 2. The third-order valence-electron chi connectivity index (χ3n) is 5.74. The van der Waals surface area contributed by atoms with Crippen LogP contribution in [0, 0.1) is 5.92 Å². The van der Waals surface area contributed by atoms with Crippen molar-refractivity contribution >= 4 is 5.97 Å². The first-order chi connectivity index (χ1) is 15.4. The maximum atomic E-state index is 13.1. The van der Waals surface area contributed by atoms with Crippen LogP contribution in [-0.2, 0) is 19.5 Å². The minimum atomic E-state index is -0.935. The lowest BCUT2D eigenvalue weighted by atomic mass is 9.99. The lowest BCUT2D eigenvalue weighted by Crippen LogP contribution is -2.26. The number of nitrogens with zero attached hydrogens (tertiary/aromatic N) is 2. The molecule has 5 nitrogen and oxygen atoms in total. The molecule has 1 aromatic heterocycles. The third kappa shape index (κ3) is 5.78. The number of hydrogen-bond acceptors (Lipinski definition) is 2. The van der Waals surface area contributed by atoms with E-state index in [1.54, 1.807) is 12.1 Å². The van der Waals surface area contributed by atoms with Crippen LogP contribution in [0.4, 0.5) is 0 Å². The van der Waals surface area contributed by atoms with Gasteiger partial charge in [0.25, 0.3) is 0 Å². The molecule has 0 saturated carbocycles. The van der Waals surface area contributed by atoms with Gasteiger partial charge in [-0.2, -0.15) is 0 Å². The monoisotopic (exact) mass is 434 g/mol. The molecule has 0 fully saturated rings. The maximum Gasteiger partial charge on any atom is 0.336 e. The molecular weight excluding hydrogens is 400 g/mol. The molecule has 0 aliphatic rings. The highest BCUT2D eigenvalue weighted by atomic mass is 16.4. The second-order valence-corrected chi connectivity index (χ2v) is 8.89. The SMILES string of the molecule is CCCCCCc1cn(CC(C)C)c(=O)n1Cc1ccc(-c2ccccc2C(=O)O)cc1. The molecule has 3 aromatic rings. The van der Waals surface area contributed by atoms with Crippen LogP contribution in [0.25, 0.3) is 11.1 Å². The lowest BCUT2D eigenvalue weighted by Gasteiger charge is -2.10. The van der Waals surface area contributed by atoms with Crippen LogP contribution in [-0.4, -0.2) is 20.2 Å². The van der Waals surface area contributed by atoms with Crippen molar-refractivity contribution < 1.29 is 9.90 Å². The van der Waals surface area contributed by atoms with E-state index in [1.807, 2.05) is 51.7 Å². The summed E-state index contributed by atoms with van der Waals surface area (Å²) in [6.45, 7) is 7.69. The Hall–Kier alpha value is -3.08. The van der Waals surface area contributed by atoms with E-state index >= 15 is 0 Å². The zero-order valence-electron chi connectivity index (χ0n) is 19.4. The molecule has 0 amide bonds. The van der Waals surface area contributed by atoms with Gasteiger partial charge in [0, 0.05) is 18.4 Å². The minimum absolute atomic E-state index is 0.0458. The van der Waals surface area contributed by atoms with Crippen molar-refractivity contribution in [2.75, 3.05) is 0 Å². The second kappa shape index (κ2) is 11.0. The van der Waals surface area contributed by atoms with Crippen molar-refractivity contribution in [1.29, 1.82) is 0 Å². The van der Waals surface area contributed by atoms with Crippen LogP contribution in [0.3, 0.4) is 0 Å². The number of hydrogen-bond donors (Lipinski definition) is 1. The number of aromatic carboxylic acids is 1. The Morgan fingerprint density at radius 3 is 2.38 bits per heavy atom. The highest BCUT2D eigenvalue weighted by molar-refractivity contribution is 5.95. The fraction of sp³-hybridized carbons (Fsp3) is 0.407. The molecule has 0 radical (unpaired) electrons. The predicted molar refractivity (Wildman–Crippen MR) is 129 cm³/mol. The summed E-state index contributed by atoms with van der Waals surface area (Å²) in [5.41, 5.74) is 4.01. The van der Waals surface area contributed by atoms with E-state index < -0.39 is 5.97 Å². The van der Waals surface area contributed by atoms with Gasteiger partial charge in [0.15, 0.2) is 0 Å². The molecule has 0 aliphatic carbocycles. The Kier molecular flexibility index (Phi) is 8.09. The predicted octanol–water partition coefficient (Wildman–Crippen LogP) is 5.84. The normalized spacial score (nSPS) is 11.2. The average molecular weight is 435 g/mol. The molecule has 5 heteroatoms. The largest absolute Gasteiger partial charge is 0.478 e. The summed E-state index contributed by atoms with van der Waals surface area (Å²) in [6.07, 6.45) is 7.62. The molecule has 0 saturated heterocycles. The maximum absolute atomic E-state index is 13.1. The summed E-state index contributed by atoms with van der Waals surface area (Å²) < 4.78 is 3.74. The van der Waals surface area contributed by atoms with E-state index in [1.165, 1.54) is 19.3 Å². The topological polar surface area (TPSA) is 64.2 Å². The summed E-state index contributed by atoms with van der Waals surface area (Å²) >= 11 is 0. The van der Waals surface area contributed by atoms with Gasteiger partial charge < -0.3 is 5.11 Å². The molecule has 0 unspecified atom stereocenters. The van der Waals surface area contributed by atoms with Crippen LogP contribution in [0.5, 0.6) is 0 Å². The van der Waals surface area contributed by atoms with Gasteiger partial charge in [0.1, 0.15) is 0 Å². The van der Waals surface area contributed by atoms with E-state index in [0.29, 0.717) is 18.0 Å². The molecule has 1 N–H and O–H groups in total. The van der Waals surface area contributed by atoms with Gasteiger partial charge in [-0.15, -0.1) is 0 Å². The van der Waals surface area contributed by atoms with Crippen LogP contribution in [0.2, 0.25) is 0 Å². The molecule has 2 aromatic carbocycles. The number of aryl methyl sites for hydroxylation is 1. The van der Waals surface area contributed by atoms with E-state index in [0.717, 1.165) is 36.2 Å². The van der Waals surface area contributed by atoms with Gasteiger partial charge in [-0.1, -0.05) is 82.5 Å². The van der Waals surface area contributed by atoms with Crippen molar-refractivity contribution in [1.82, 2.24) is 9.13 Å². The number of carbonyl (C=O) groups is 1. The van der Waals surface area contributed by atoms with Crippen molar-refractivity contribution in [2.24, 2.45) is 5.92 Å². The number of benzene rings is 2. The van der Waals surface area contributed by atoms with Gasteiger partial charge in [-0.05, 0) is 41.5 Å². The Labute approximate surface area is 190 Å². The van der Waals surface area contributed by atoms with Crippen molar-refractivity contribution in [3.8, 4) is 11.1 Å². The number of carboxylic acid groups (broad SMARTS) is 1. The van der Waals surface area contributed by atoms with Gasteiger partial charge in [-0.3, -0.25) is 9.13 Å². The first kappa shape index (κ1) is 23.6. The molecule has 1 heterocycles. The van der Waals surface area contributed by atoms with Gasteiger partial charge in [-0.25, -0.2) is 9.59 Å². The highest BCUT2D eigenvalue weighted by Crippen LogP contribution is 2.24.